The maximum absolute atomic E-state index is 13.4. The number of benzene rings is 1. The Morgan fingerprint density at radius 2 is 2.14 bits per heavy atom. The molecular weight excluding hydrogens is 309 g/mol. The van der Waals surface area contributed by atoms with Gasteiger partial charge in [-0.25, -0.2) is 12.8 Å². The first-order chi connectivity index (χ1) is 10.5. The van der Waals surface area contributed by atoms with Crippen LogP contribution in [-0.2, 0) is 19.6 Å². The predicted octanol–water partition coefficient (Wildman–Crippen LogP) is 1.58. The highest BCUT2D eigenvalue weighted by Crippen LogP contribution is 2.32. The molecule has 1 saturated carbocycles. The average molecular weight is 327 g/mol. The van der Waals surface area contributed by atoms with Gasteiger partial charge in [-0.1, -0.05) is 6.07 Å². The SMILES string of the molecule is O=C1CCC[C@H]1[C@@H]1COCCN1S(=O)(=O)c1cccc(F)c1. The molecule has 0 bridgehead atoms. The van der Waals surface area contributed by atoms with E-state index in [-0.39, 0.29) is 36.4 Å². The van der Waals surface area contributed by atoms with Gasteiger partial charge in [0, 0.05) is 18.9 Å². The molecule has 5 nitrogen and oxygen atoms in total. The van der Waals surface area contributed by atoms with Crippen LogP contribution in [0.5, 0.6) is 0 Å². The number of hydrogen-bond donors (Lipinski definition) is 0. The third kappa shape index (κ3) is 2.80. The zero-order valence-electron chi connectivity index (χ0n) is 12.1. The molecule has 1 saturated heterocycles. The minimum Gasteiger partial charge on any atom is -0.378 e. The Bertz CT molecular complexity index is 676. The van der Waals surface area contributed by atoms with Gasteiger partial charge in [-0.05, 0) is 31.0 Å². The van der Waals surface area contributed by atoms with E-state index < -0.39 is 21.9 Å². The molecule has 0 radical (unpaired) electrons. The van der Waals surface area contributed by atoms with Gasteiger partial charge in [0.2, 0.25) is 10.0 Å². The highest BCUT2D eigenvalue weighted by atomic mass is 32.2. The molecule has 1 aliphatic heterocycles. The first kappa shape index (κ1) is 15.6. The molecule has 1 heterocycles. The topological polar surface area (TPSA) is 63.7 Å². The lowest BCUT2D eigenvalue weighted by Gasteiger charge is -2.37. The van der Waals surface area contributed by atoms with Crippen molar-refractivity contribution >= 4 is 15.8 Å². The molecule has 0 amide bonds. The van der Waals surface area contributed by atoms with Crippen LogP contribution in [0.3, 0.4) is 0 Å². The summed E-state index contributed by atoms with van der Waals surface area (Å²) in [6.45, 7) is 0.685. The number of ketones is 1. The molecule has 2 atom stereocenters. The van der Waals surface area contributed by atoms with Crippen molar-refractivity contribution in [3.8, 4) is 0 Å². The second kappa shape index (κ2) is 6.06. The van der Waals surface area contributed by atoms with E-state index in [2.05, 4.69) is 0 Å². The van der Waals surface area contributed by atoms with Gasteiger partial charge in [0.1, 0.15) is 11.6 Å². The van der Waals surface area contributed by atoms with E-state index in [4.69, 9.17) is 4.74 Å². The minimum atomic E-state index is -3.83. The quantitative estimate of drug-likeness (QED) is 0.846. The first-order valence-electron chi connectivity index (χ1n) is 7.38. The number of ether oxygens (including phenoxy) is 1. The zero-order chi connectivity index (χ0) is 15.7. The van der Waals surface area contributed by atoms with Crippen LogP contribution in [0, 0.1) is 11.7 Å². The Kier molecular flexibility index (Phi) is 4.29. The van der Waals surface area contributed by atoms with Crippen molar-refractivity contribution in [2.24, 2.45) is 5.92 Å². The van der Waals surface area contributed by atoms with Crippen molar-refractivity contribution in [3.63, 3.8) is 0 Å². The van der Waals surface area contributed by atoms with Crippen LogP contribution < -0.4 is 0 Å². The summed E-state index contributed by atoms with van der Waals surface area (Å²) in [6.07, 6.45) is 1.96. The lowest BCUT2D eigenvalue weighted by Crippen LogP contribution is -2.52. The molecule has 22 heavy (non-hydrogen) atoms. The second-order valence-corrected chi connectivity index (χ2v) is 7.57. The fourth-order valence-corrected chi connectivity index (χ4v) is 4.90. The number of hydrogen-bond acceptors (Lipinski definition) is 4. The van der Waals surface area contributed by atoms with E-state index in [0.717, 1.165) is 12.5 Å². The van der Waals surface area contributed by atoms with Crippen molar-refractivity contribution in [2.45, 2.75) is 30.2 Å². The molecule has 2 aliphatic rings. The number of carbonyl (C=O) groups excluding carboxylic acids is 1. The number of morpholine rings is 1. The van der Waals surface area contributed by atoms with Crippen LogP contribution in [0.25, 0.3) is 0 Å². The smallest absolute Gasteiger partial charge is 0.243 e. The molecule has 0 N–H and O–H groups in total. The third-order valence-electron chi connectivity index (χ3n) is 4.33. The fraction of sp³-hybridized carbons (Fsp3) is 0.533. The third-order valence-corrected chi connectivity index (χ3v) is 6.25. The van der Waals surface area contributed by atoms with Crippen molar-refractivity contribution in [1.29, 1.82) is 0 Å². The lowest BCUT2D eigenvalue weighted by atomic mass is 9.97. The summed E-state index contributed by atoms with van der Waals surface area (Å²) >= 11 is 0. The van der Waals surface area contributed by atoms with Crippen molar-refractivity contribution in [2.75, 3.05) is 19.8 Å². The van der Waals surface area contributed by atoms with Crippen LogP contribution in [0.2, 0.25) is 0 Å². The molecule has 120 valence electrons. The van der Waals surface area contributed by atoms with Gasteiger partial charge in [0.25, 0.3) is 0 Å². The van der Waals surface area contributed by atoms with Gasteiger partial charge in [-0.3, -0.25) is 4.79 Å². The molecule has 2 fully saturated rings. The van der Waals surface area contributed by atoms with Crippen LogP contribution in [-0.4, -0.2) is 44.3 Å². The van der Waals surface area contributed by atoms with Gasteiger partial charge >= 0.3 is 0 Å². The van der Waals surface area contributed by atoms with E-state index in [1.165, 1.54) is 22.5 Å². The summed E-state index contributed by atoms with van der Waals surface area (Å²) in [5, 5.41) is 0. The largest absolute Gasteiger partial charge is 0.378 e. The van der Waals surface area contributed by atoms with E-state index >= 15 is 0 Å². The number of rotatable bonds is 3. The molecule has 1 aliphatic carbocycles. The Labute approximate surface area is 129 Å². The Morgan fingerprint density at radius 3 is 2.82 bits per heavy atom. The predicted molar refractivity (Wildman–Crippen MR) is 77.2 cm³/mol. The number of carbonyl (C=O) groups is 1. The van der Waals surface area contributed by atoms with Crippen LogP contribution in [0.15, 0.2) is 29.2 Å². The summed E-state index contributed by atoms with van der Waals surface area (Å²) in [5.74, 6) is -0.818. The average Bonchev–Trinajstić information content (AvgIpc) is 2.93. The minimum absolute atomic E-state index is 0.0788. The Hall–Kier alpha value is -1.31. The molecule has 1 aromatic carbocycles. The second-order valence-electron chi connectivity index (χ2n) is 5.68. The summed E-state index contributed by atoms with van der Waals surface area (Å²) < 4.78 is 45.7. The molecule has 0 unspecified atom stereocenters. The van der Waals surface area contributed by atoms with Gasteiger partial charge < -0.3 is 4.74 Å². The highest BCUT2D eigenvalue weighted by Gasteiger charge is 2.42. The van der Waals surface area contributed by atoms with E-state index in [1.54, 1.807) is 0 Å². The number of halogens is 1. The lowest BCUT2D eigenvalue weighted by molar-refractivity contribution is -0.123. The van der Waals surface area contributed by atoms with E-state index in [9.17, 15) is 17.6 Å². The molecule has 3 rings (SSSR count). The van der Waals surface area contributed by atoms with Crippen LogP contribution in [0.1, 0.15) is 19.3 Å². The molecule has 1 aromatic rings. The standard InChI is InChI=1S/C15H18FNO4S/c16-11-3-1-4-12(9-11)22(19,20)17-7-8-21-10-14(17)13-5-2-6-15(13)18/h1,3-4,9,13-14H,2,5-8,10H2/t13-,14-/m0/s1. The summed E-state index contributed by atoms with van der Waals surface area (Å²) in [5.41, 5.74) is 0. The van der Waals surface area contributed by atoms with Crippen molar-refractivity contribution in [1.82, 2.24) is 4.31 Å². The Morgan fingerprint density at radius 1 is 1.32 bits per heavy atom. The monoisotopic (exact) mass is 327 g/mol. The molecular formula is C15H18FNO4S. The van der Waals surface area contributed by atoms with Gasteiger partial charge in [0.05, 0.1) is 24.2 Å². The van der Waals surface area contributed by atoms with Gasteiger partial charge in [0.15, 0.2) is 0 Å². The normalized spacial score (nSPS) is 27.2. The van der Waals surface area contributed by atoms with Gasteiger partial charge in [-0.15, -0.1) is 0 Å². The summed E-state index contributed by atoms with van der Waals surface area (Å²) in [4.78, 5) is 11.9. The molecule has 0 spiro atoms. The summed E-state index contributed by atoms with van der Waals surface area (Å²) in [6, 6.07) is 4.48. The van der Waals surface area contributed by atoms with Crippen LogP contribution >= 0.6 is 0 Å². The number of nitrogens with zero attached hydrogens (tertiary/aromatic N) is 1. The van der Waals surface area contributed by atoms with Crippen LogP contribution in [0.4, 0.5) is 4.39 Å². The fourth-order valence-electron chi connectivity index (χ4n) is 3.24. The van der Waals surface area contributed by atoms with Crippen molar-refractivity contribution < 1.29 is 22.3 Å². The van der Waals surface area contributed by atoms with E-state index in [1.807, 2.05) is 0 Å². The van der Waals surface area contributed by atoms with Crippen molar-refractivity contribution in [3.05, 3.63) is 30.1 Å². The maximum atomic E-state index is 13.4. The number of Topliss-reactive ketones (excluding diaryl/α,β-unsaturated/α-hetero) is 1. The molecule has 7 heteroatoms. The van der Waals surface area contributed by atoms with E-state index in [0.29, 0.717) is 12.8 Å². The first-order valence-corrected chi connectivity index (χ1v) is 8.82. The summed E-state index contributed by atoms with van der Waals surface area (Å²) in [7, 11) is -3.83. The van der Waals surface area contributed by atoms with Gasteiger partial charge in [-0.2, -0.15) is 4.31 Å². The number of sulfonamides is 1. The Balaban J connectivity index is 1.94. The molecule has 0 aromatic heterocycles. The maximum Gasteiger partial charge on any atom is 0.243 e. The zero-order valence-corrected chi connectivity index (χ0v) is 12.9. The highest BCUT2D eigenvalue weighted by molar-refractivity contribution is 7.89.